The lowest BCUT2D eigenvalue weighted by Crippen LogP contribution is -2.08. The van der Waals surface area contributed by atoms with Crippen LogP contribution in [0, 0.1) is 5.82 Å². The van der Waals surface area contributed by atoms with Gasteiger partial charge in [-0.15, -0.1) is 0 Å². The molecule has 19 heavy (non-hydrogen) atoms. The van der Waals surface area contributed by atoms with Gasteiger partial charge in [0.15, 0.2) is 9.84 Å². The lowest BCUT2D eigenvalue weighted by atomic mass is 10.2. The van der Waals surface area contributed by atoms with Crippen LogP contribution < -0.4 is 5.73 Å². The molecule has 0 amide bonds. The third-order valence-electron chi connectivity index (χ3n) is 2.62. The lowest BCUT2D eigenvalue weighted by Gasteiger charge is -2.09. The molecule has 2 aromatic rings. The highest BCUT2D eigenvalue weighted by atomic mass is 79.9. The number of benzene rings is 2. The Morgan fingerprint density at radius 2 is 1.84 bits per heavy atom. The summed E-state index contributed by atoms with van der Waals surface area (Å²) in [6.45, 7) is 0. The number of hydrogen-bond donors (Lipinski definition) is 1. The van der Waals surface area contributed by atoms with Crippen molar-refractivity contribution in [1.29, 1.82) is 0 Å². The first-order chi connectivity index (χ1) is 8.90. The molecule has 6 heteroatoms. The summed E-state index contributed by atoms with van der Waals surface area (Å²) >= 11 is 3.19. The van der Waals surface area contributed by atoms with Crippen molar-refractivity contribution in [3.63, 3.8) is 0 Å². The smallest absolute Gasteiger partial charge is 0.183 e. The molecule has 0 fully saturated rings. The molecule has 0 radical (unpaired) electrons. The Balaban J connectivity index is 2.43. The molecule has 0 unspecified atom stereocenters. The average Bonchev–Trinajstić information content (AvgIpc) is 2.34. The van der Waals surface area contributed by atoms with Gasteiger partial charge in [0.1, 0.15) is 5.82 Å². The predicted molar refractivity (Wildman–Crippen MR) is 75.8 cm³/mol. The van der Waals surface area contributed by atoms with Crippen molar-refractivity contribution in [2.24, 2.45) is 0 Å². The summed E-state index contributed by atoms with van der Waals surface area (Å²) in [5.74, 6) is -0.842. The Morgan fingerprint density at radius 1 is 1.16 bits per heavy atom. The molecule has 100 valence electrons. The van der Waals surface area contributed by atoms with Gasteiger partial charge in [-0.1, -0.05) is 12.1 Å². The molecule has 2 rings (SSSR count). The summed E-state index contributed by atoms with van der Waals surface area (Å²) in [7, 11) is -3.58. The highest BCUT2D eigenvalue weighted by molar-refractivity contribution is 9.10. The van der Waals surface area contributed by atoms with Gasteiger partial charge in [0.2, 0.25) is 0 Å². The highest BCUT2D eigenvalue weighted by Crippen LogP contribution is 2.26. The molecular weight excluding hydrogens is 333 g/mol. The molecule has 0 aromatic heterocycles. The number of halogens is 2. The molecule has 0 bridgehead atoms. The number of nitrogen functional groups attached to an aromatic ring is 1. The van der Waals surface area contributed by atoms with Crippen LogP contribution in [0.3, 0.4) is 0 Å². The molecule has 2 N–H and O–H groups in total. The molecule has 0 aliphatic carbocycles. The van der Waals surface area contributed by atoms with E-state index < -0.39 is 15.7 Å². The van der Waals surface area contributed by atoms with Gasteiger partial charge in [0, 0.05) is 10.2 Å². The van der Waals surface area contributed by atoms with Crippen LogP contribution >= 0.6 is 15.9 Å². The zero-order valence-corrected chi connectivity index (χ0v) is 12.2. The van der Waals surface area contributed by atoms with Gasteiger partial charge in [-0.3, -0.25) is 0 Å². The van der Waals surface area contributed by atoms with Crippen molar-refractivity contribution in [1.82, 2.24) is 0 Å². The summed E-state index contributed by atoms with van der Waals surface area (Å²) in [5, 5.41) is 0. The van der Waals surface area contributed by atoms with Gasteiger partial charge < -0.3 is 5.73 Å². The summed E-state index contributed by atoms with van der Waals surface area (Å²) < 4.78 is 38.2. The first kappa shape index (κ1) is 14.0. The zero-order chi connectivity index (χ0) is 14.0. The van der Waals surface area contributed by atoms with E-state index in [2.05, 4.69) is 15.9 Å². The van der Waals surface area contributed by atoms with E-state index in [0.717, 1.165) is 6.07 Å². The van der Waals surface area contributed by atoms with Crippen LogP contribution in [0.15, 0.2) is 51.8 Å². The summed E-state index contributed by atoms with van der Waals surface area (Å²) in [6, 6.07) is 10.2. The van der Waals surface area contributed by atoms with Gasteiger partial charge in [-0.2, -0.15) is 0 Å². The fraction of sp³-hybridized carbons (Fsp3) is 0.0769. The van der Waals surface area contributed by atoms with E-state index in [-0.39, 0.29) is 21.9 Å². The van der Waals surface area contributed by atoms with Gasteiger partial charge in [0.05, 0.1) is 10.6 Å². The predicted octanol–water partition coefficient (Wildman–Crippen LogP) is 3.14. The monoisotopic (exact) mass is 343 g/mol. The largest absolute Gasteiger partial charge is 0.398 e. The topological polar surface area (TPSA) is 60.2 Å². The van der Waals surface area contributed by atoms with E-state index in [1.165, 1.54) is 18.2 Å². The number of rotatable bonds is 3. The highest BCUT2D eigenvalue weighted by Gasteiger charge is 2.19. The second kappa shape index (κ2) is 5.30. The van der Waals surface area contributed by atoms with E-state index in [0.29, 0.717) is 4.47 Å². The van der Waals surface area contributed by atoms with Crippen molar-refractivity contribution in [2.75, 3.05) is 5.73 Å². The van der Waals surface area contributed by atoms with Crippen LogP contribution in [0.5, 0.6) is 0 Å². The average molecular weight is 344 g/mol. The molecule has 0 saturated heterocycles. The fourth-order valence-electron chi connectivity index (χ4n) is 1.68. The Labute approximate surface area is 119 Å². The molecule has 0 saturated carbocycles. The minimum atomic E-state index is -3.58. The molecule has 3 nitrogen and oxygen atoms in total. The summed E-state index contributed by atoms with van der Waals surface area (Å²) in [5.41, 5.74) is 6.19. The van der Waals surface area contributed by atoms with Crippen LogP contribution in [-0.2, 0) is 15.6 Å². The van der Waals surface area contributed by atoms with Crippen LogP contribution in [0.25, 0.3) is 0 Å². The number of hydrogen-bond acceptors (Lipinski definition) is 3. The quantitative estimate of drug-likeness (QED) is 0.871. The molecule has 0 heterocycles. The molecule has 2 aromatic carbocycles. The summed E-state index contributed by atoms with van der Waals surface area (Å²) in [6.07, 6.45) is 0. The van der Waals surface area contributed by atoms with E-state index >= 15 is 0 Å². The van der Waals surface area contributed by atoms with Crippen LogP contribution in [-0.4, -0.2) is 8.42 Å². The second-order valence-corrected chi connectivity index (χ2v) is 6.84. The van der Waals surface area contributed by atoms with Crippen LogP contribution in [0.1, 0.15) is 5.56 Å². The molecule has 0 aliphatic rings. The normalized spacial score (nSPS) is 11.5. The van der Waals surface area contributed by atoms with Crippen molar-refractivity contribution >= 4 is 31.5 Å². The maximum absolute atomic E-state index is 13.1. The SMILES string of the molecule is Nc1ccc(F)cc1CS(=O)(=O)c1ccccc1Br. The third kappa shape index (κ3) is 3.13. The summed E-state index contributed by atoms with van der Waals surface area (Å²) in [4.78, 5) is 0.165. The van der Waals surface area contributed by atoms with E-state index in [1.807, 2.05) is 0 Å². The Hall–Kier alpha value is -1.40. The van der Waals surface area contributed by atoms with E-state index in [9.17, 15) is 12.8 Å². The fourth-order valence-corrected chi connectivity index (χ4v) is 4.17. The van der Waals surface area contributed by atoms with Gasteiger partial charge >= 0.3 is 0 Å². The Bertz CT molecular complexity index is 716. The number of sulfone groups is 1. The zero-order valence-electron chi connectivity index (χ0n) is 9.81. The lowest BCUT2D eigenvalue weighted by molar-refractivity contribution is 0.594. The van der Waals surface area contributed by atoms with E-state index in [1.54, 1.807) is 18.2 Å². The van der Waals surface area contributed by atoms with Crippen molar-refractivity contribution in [2.45, 2.75) is 10.6 Å². The van der Waals surface area contributed by atoms with Crippen molar-refractivity contribution in [3.8, 4) is 0 Å². The first-order valence-corrected chi connectivity index (χ1v) is 7.86. The van der Waals surface area contributed by atoms with Crippen molar-refractivity contribution < 1.29 is 12.8 Å². The maximum Gasteiger partial charge on any atom is 0.183 e. The number of nitrogens with two attached hydrogens (primary N) is 1. The molecule has 0 aliphatic heterocycles. The van der Waals surface area contributed by atoms with Crippen molar-refractivity contribution in [3.05, 3.63) is 58.3 Å². The van der Waals surface area contributed by atoms with Gasteiger partial charge in [-0.05, 0) is 51.8 Å². The first-order valence-electron chi connectivity index (χ1n) is 5.41. The number of anilines is 1. The minimum absolute atomic E-state index is 0.165. The third-order valence-corrected chi connectivity index (χ3v) is 5.29. The minimum Gasteiger partial charge on any atom is -0.398 e. The molecule has 0 spiro atoms. The maximum atomic E-state index is 13.1. The standard InChI is InChI=1S/C13H11BrFNO2S/c14-11-3-1-2-4-13(11)19(17,18)8-9-7-10(15)5-6-12(9)16/h1-7H,8,16H2. The van der Waals surface area contributed by atoms with Gasteiger partial charge in [0.25, 0.3) is 0 Å². The van der Waals surface area contributed by atoms with Gasteiger partial charge in [-0.25, -0.2) is 12.8 Å². The molecular formula is C13H11BrFNO2S. The van der Waals surface area contributed by atoms with Crippen LogP contribution in [0.2, 0.25) is 0 Å². The second-order valence-electron chi connectivity index (χ2n) is 4.03. The van der Waals surface area contributed by atoms with Crippen LogP contribution in [0.4, 0.5) is 10.1 Å². The Kier molecular flexibility index (Phi) is 3.91. The van der Waals surface area contributed by atoms with E-state index in [4.69, 9.17) is 5.73 Å². The molecule has 0 atom stereocenters. The Morgan fingerprint density at radius 3 is 2.53 bits per heavy atom.